The molecule has 0 heterocycles. The largest absolute Gasteiger partial charge is 0.486 e. The van der Waals surface area contributed by atoms with E-state index in [1.54, 1.807) is 0 Å². The van der Waals surface area contributed by atoms with Crippen molar-refractivity contribution in [2.45, 2.75) is 38.3 Å². The number of halogens is 3. The molecule has 1 aliphatic rings. The number of carbonyl (C=O) groups is 1. The molecule has 0 atom stereocenters. The third kappa shape index (κ3) is 4.80. The quantitative estimate of drug-likeness (QED) is 0.664. The van der Waals surface area contributed by atoms with Crippen LogP contribution in [0.3, 0.4) is 0 Å². The van der Waals surface area contributed by atoms with Crippen molar-refractivity contribution in [2.75, 3.05) is 5.32 Å². The highest BCUT2D eigenvalue weighted by Gasteiger charge is 2.17. The maximum Gasteiger partial charge on any atom is 0.307 e. The summed E-state index contributed by atoms with van der Waals surface area (Å²) in [7, 11) is 0. The van der Waals surface area contributed by atoms with Gasteiger partial charge in [-0.2, -0.15) is 0 Å². The van der Waals surface area contributed by atoms with Gasteiger partial charge in [0.15, 0.2) is 5.75 Å². The van der Waals surface area contributed by atoms with Gasteiger partial charge >= 0.3 is 5.97 Å². The maximum atomic E-state index is 13.9. The van der Waals surface area contributed by atoms with Crippen LogP contribution in [0.4, 0.5) is 10.1 Å². The van der Waals surface area contributed by atoms with Gasteiger partial charge in [0.05, 0.1) is 16.5 Å². The van der Waals surface area contributed by atoms with Crippen LogP contribution in [0.5, 0.6) is 5.75 Å². The predicted octanol–water partition coefficient (Wildman–Crippen LogP) is 5.30. The molecular formula is C19H18Cl2FNO3. The minimum atomic E-state index is -0.975. The zero-order valence-corrected chi connectivity index (χ0v) is 15.4. The second kappa shape index (κ2) is 8.14. The fourth-order valence-electron chi connectivity index (χ4n) is 2.79. The lowest BCUT2D eigenvalue weighted by Gasteiger charge is -2.27. The fraction of sp³-hybridized carbons (Fsp3) is 0.316. The number of anilines is 1. The van der Waals surface area contributed by atoms with Gasteiger partial charge in [0.2, 0.25) is 0 Å². The van der Waals surface area contributed by atoms with Crippen LogP contribution in [0.15, 0.2) is 30.3 Å². The van der Waals surface area contributed by atoms with Gasteiger partial charge in [0, 0.05) is 11.7 Å². The highest BCUT2D eigenvalue weighted by molar-refractivity contribution is 6.37. The molecular weight excluding hydrogens is 380 g/mol. The Bertz CT molecular complexity index is 801. The van der Waals surface area contributed by atoms with Gasteiger partial charge in [-0.25, -0.2) is 4.39 Å². The summed E-state index contributed by atoms with van der Waals surface area (Å²) in [6.45, 7) is 0.0921. The first kappa shape index (κ1) is 18.8. The summed E-state index contributed by atoms with van der Waals surface area (Å²) in [6, 6.07) is 8.10. The van der Waals surface area contributed by atoms with Crippen LogP contribution in [0.1, 0.15) is 30.4 Å². The molecule has 0 aromatic heterocycles. The van der Waals surface area contributed by atoms with Crippen LogP contribution in [0, 0.1) is 5.82 Å². The number of hydrogen-bond donors (Lipinski definition) is 2. The maximum absolute atomic E-state index is 13.9. The molecule has 1 fully saturated rings. The molecule has 7 heteroatoms. The summed E-state index contributed by atoms with van der Waals surface area (Å²) >= 11 is 12.3. The molecule has 0 amide bonds. The Morgan fingerprint density at radius 1 is 1.15 bits per heavy atom. The lowest BCUT2D eigenvalue weighted by Crippen LogP contribution is -2.27. The Morgan fingerprint density at radius 2 is 1.85 bits per heavy atom. The molecule has 2 aromatic rings. The summed E-state index contributed by atoms with van der Waals surface area (Å²) in [5.74, 6) is -1.07. The predicted molar refractivity (Wildman–Crippen MR) is 99.8 cm³/mol. The summed E-state index contributed by atoms with van der Waals surface area (Å²) < 4.78 is 19.5. The first-order valence-electron chi connectivity index (χ1n) is 8.29. The molecule has 0 aliphatic heterocycles. The Balaban J connectivity index is 1.71. The van der Waals surface area contributed by atoms with Gasteiger partial charge in [-0.15, -0.1) is 0 Å². The molecule has 0 radical (unpaired) electrons. The number of carboxylic acid groups (broad SMARTS) is 1. The van der Waals surface area contributed by atoms with Crippen LogP contribution in [-0.2, 0) is 17.8 Å². The minimum Gasteiger partial charge on any atom is -0.486 e. The fourth-order valence-corrected chi connectivity index (χ4v) is 3.43. The van der Waals surface area contributed by atoms with Crippen molar-refractivity contribution in [2.24, 2.45) is 0 Å². The number of benzene rings is 2. The monoisotopic (exact) mass is 397 g/mol. The molecule has 2 N–H and O–H groups in total. The third-order valence-electron chi connectivity index (χ3n) is 4.23. The summed E-state index contributed by atoms with van der Waals surface area (Å²) in [4.78, 5) is 10.8. The number of carboxylic acids is 1. The smallest absolute Gasteiger partial charge is 0.307 e. The Labute approximate surface area is 160 Å². The van der Waals surface area contributed by atoms with Gasteiger partial charge in [-0.1, -0.05) is 23.2 Å². The van der Waals surface area contributed by atoms with E-state index in [0.29, 0.717) is 17.2 Å². The Morgan fingerprint density at radius 3 is 2.42 bits per heavy atom. The van der Waals surface area contributed by atoms with E-state index in [1.165, 1.54) is 30.7 Å². The number of nitrogens with one attached hydrogen (secondary N) is 1. The molecule has 0 bridgehead atoms. The number of rotatable bonds is 7. The molecule has 138 valence electrons. The van der Waals surface area contributed by atoms with Crippen molar-refractivity contribution in [3.8, 4) is 5.75 Å². The van der Waals surface area contributed by atoms with Crippen molar-refractivity contribution in [1.82, 2.24) is 0 Å². The van der Waals surface area contributed by atoms with E-state index in [1.807, 2.05) is 6.07 Å². The molecule has 2 aromatic carbocycles. The van der Waals surface area contributed by atoms with E-state index in [0.717, 1.165) is 18.5 Å². The Kier molecular flexibility index (Phi) is 5.89. The van der Waals surface area contributed by atoms with E-state index >= 15 is 0 Å². The van der Waals surface area contributed by atoms with Crippen LogP contribution >= 0.6 is 23.2 Å². The first-order valence-corrected chi connectivity index (χ1v) is 9.05. The van der Waals surface area contributed by atoms with Gasteiger partial charge in [-0.05, 0) is 60.7 Å². The molecule has 1 saturated carbocycles. The summed E-state index contributed by atoms with van der Waals surface area (Å²) in [5, 5.41) is 12.6. The van der Waals surface area contributed by atoms with Crippen LogP contribution in [-0.4, -0.2) is 17.1 Å². The SMILES string of the molecule is O=C(O)Cc1cc(Cl)c(OCc2cc(F)cc(NC3CCC3)c2)c(Cl)c1. The minimum absolute atomic E-state index is 0.0921. The third-order valence-corrected chi connectivity index (χ3v) is 4.79. The first-order chi connectivity index (χ1) is 12.4. The van der Waals surface area contributed by atoms with E-state index in [2.05, 4.69) is 5.32 Å². The number of ether oxygens (including phenoxy) is 1. The van der Waals surface area contributed by atoms with E-state index in [-0.39, 0.29) is 34.6 Å². The van der Waals surface area contributed by atoms with E-state index in [4.69, 9.17) is 33.0 Å². The lowest BCUT2D eigenvalue weighted by molar-refractivity contribution is -0.136. The highest BCUT2D eigenvalue weighted by Crippen LogP contribution is 2.35. The standard InChI is InChI=1S/C19H18Cl2FNO3/c20-16-6-11(8-18(24)25)7-17(21)19(16)26-10-12-4-13(22)9-15(5-12)23-14-2-1-3-14/h4-7,9,14,23H,1-3,8,10H2,(H,24,25). The van der Waals surface area contributed by atoms with Crippen molar-refractivity contribution in [3.05, 3.63) is 57.3 Å². The summed E-state index contributed by atoms with van der Waals surface area (Å²) in [6.07, 6.45) is 3.20. The van der Waals surface area contributed by atoms with Crippen molar-refractivity contribution in [1.29, 1.82) is 0 Å². The van der Waals surface area contributed by atoms with Gasteiger partial charge in [-0.3, -0.25) is 4.79 Å². The zero-order valence-electron chi connectivity index (χ0n) is 13.9. The molecule has 26 heavy (non-hydrogen) atoms. The van der Waals surface area contributed by atoms with Crippen LogP contribution in [0.2, 0.25) is 10.0 Å². The molecule has 3 rings (SSSR count). The summed E-state index contributed by atoms with van der Waals surface area (Å²) in [5.41, 5.74) is 1.86. The van der Waals surface area contributed by atoms with Crippen molar-refractivity contribution >= 4 is 34.9 Å². The van der Waals surface area contributed by atoms with E-state index in [9.17, 15) is 9.18 Å². The Hall–Kier alpha value is -1.98. The molecule has 1 aliphatic carbocycles. The average molecular weight is 398 g/mol. The molecule has 0 spiro atoms. The van der Waals surface area contributed by atoms with Crippen molar-refractivity contribution < 1.29 is 19.0 Å². The molecule has 4 nitrogen and oxygen atoms in total. The van der Waals surface area contributed by atoms with Gasteiger partial charge < -0.3 is 15.2 Å². The second-order valence-electron chi connectivity index (χ2n) is 6.37. The molecule has 0 unspecified atom stereocenters. The van der Waals surface area contributed by atoms with Crippen molar-refractivity contribution in [3.63, 3.8) is 0 Å². The second-order valence-corrected chi connectivity index (χ2v) is 7.18. The van der Waals surface area contributed by atoms with E-state index < -0.39 is 5.97 Å². The number of aliphatic carboxylic acids is 1. The topological polar surface area (TPSA) is 58.6 Å². The van der Waals surface area contributed by atoms with Gasteiger partial charge in [0.1, 0.15) is 12.4 Å². The zero-order chi connectivity index (χ0) is 18.7. The molecule has 0 saturated heterocycles. The van der Waals surface area contributed by atoms with Crippen LogP contribution < -0.4 is 10.1 Å². The van der Waals surface area contributed by atoms with Crippen LogP contribution in [0.25, 0.3) is 0 Å². The number of hydrogen-bond acceptors (Lipinski definition) is 3. The lowest BCUT2D eigenvalue weighted by atomic mass is 9.93. The normalized spacial score (nSPS) is 14.0. The highest BCUT2D eigenvalue weighted by atomic mass is 35.5. The van der Waals surface area contributed by atoms with Gasteiger partial charge in [0.25, 0.3) is 0 Å². The average Bonchev–Trinajstić information content (AvgIpc) is 2.49.